The van der Waals surface area contributed by atoms with Crippen LogP contribution in [0.25, 0.3) is 5.69 Å². The van der Waals surface area contributed by atoms with Gasteiger partial charge in [-0.05, 0) is 59.7 Å². The van der Waals surface area contributed by atoms with E-state index in [9.17, 15) is 8.42 Å². The van der Waals surface area contributed by atoms with Crippen LogP contribution in [0.5, 0.6) is 0 Å². The van der Waals surface area contributed by atoms with Crippen LogP contribution in [0.1, 0.15) is 18.5 Å². The zero-order valence-corrected chi connectivity index (χ0v) is 14.1. The minimum atomic E-state index is -3.59. The van der Waals surface area contributed by atoms with Gasteiger partial charge in [0, 0.05) is 12.2 Å². The van der Waals surface area contributed by atoms with Crippen molar-refractivity contribution < 1.29 is 8.42 Å². The molecule has 0 aliphatic heterocycles. The number of sulfonamides is 1. The van der Waals surface area contributed by atoms with Crippen molar-refractivity contribution in [2.75, 3.05) is 0 Å². The molecule has 0 amide bonds. The lowest BCUT2D eigenvalue weighted by molar-refractivity contribution is 0.394. The molecule has 1 saturated carbocycles. The molecular weight excluding hydrogens is 340 g/mol. The molecule has 2 heterocycles. The van der Waals surface area contributed by atoms with Gasteiger partial charge in [-0.2, -0.15) is 4.31 Å². The maximum atomic E-state index is 13.1. The summed E-state index contributed by atoms with van der Waals surface area (Å²) in [6.45, 7) is 0.280. The molecule has 0 N–H and O–H groups in total. The Kier molecular flexibility index (Phi) is 4.02. The van der Waals surface area contributed by atoms with Crippen molar-refractivity contribution in [3.8, 4) is 5.69 Å². The fourth-order valence-electron chi connectivity index (χ4n) is 2.61. The molecule has 128 valence electrons. The first kappa shape index (κ1) is 15.9. The van der Waals surface area contributed by atoms with E-state index in [1.807, 2.05) is 18.2 Å². The third-order valence-electron chi connectivity index (χ3n) is 4.05. The highest BCUT2D eigenvalue weighted by Crippen LogP contribution is 2.33. The van der Waals surface area contributed by atoms with Gasteiger partial charge in [-0.1, -0.05) is 6.07 Å². The largest absolute Gasteiger partial charge is 0.260 e. The average molecular weight is 356 g/mol. The van der Waals surface area contributed by atoms with Gasteiger partial charge in [0.1, 0.15) is 6.33 Å². The molecule has 1 aromatic carbocycles. The van der Waals surface area contributed by atoms with E-state index < -0.39 is 10.0 Å². The molecule has 0 atom stereocenters. The zero-order valence-electron chi connectivity index (χ0n) is 13.3. The third kappa shape index (κ3) is 3.28. The summed E-state index contributed by atoms with van der Waals surface area (Å²) in [4.78, 5) is 4.51. The van der Waals surface area contributed by atoms with E-state index in [0.717, 1.165) is 18.5 Å². The number of pyridine rings is 1. The van der Waals surface area contributed by atoms with Crippen molar-refractivity contribution in [1.82, 2.24) is 29.5 Å². The van der Waals surface area contributed by atoms with Gasteiger partial charge in [-0.25, -0.2) is 13.1 Å². The van der Waals surface area contributed by atoms with Gasteiger partial charge in [0.15, 0.2) is 0 Å². The Hall–Kier alpha value is -2.65. The van der Waals surface area contributed by atoms with E-state index in [1.165, 1.54) is 11.0 Å². The number of hydrogen-bond donors (Lipinski definition) is 0. The summed E-state index contributed by atoms with van der Waals surface area (Å²) in [6.07, 6.45) is 4.90. The molecule has 0 saturated heterocycles. The van der Waals surface area contributed by atoms with Crippen LogP contribution < -0.4 is 0 Å². The summed E-state index contributed by atoms with van der Waals surface area (Å²) in [6, 6.07) is 12.1. The van der Waals surface area contributed by atoms with Crippen molar-refractivity contribution in [2.45, 2.75) is 30.3 Å². The molecule has 1 aliphatic rings. The van der Waals surface area contributed by atoms with E-state index in [-0.39, 0.29) is 17.5 Å². The summed E-state index contributed by atoms with van der Waals surface area (Å²) in [5.41, 5.74) is 1.44. The van der Waals surface area contributed by atoms with Crippen molar-refractivity contribution in [2.24, 2.45) is 0 Å². The molecular formula is C16H16N6O2S. The minimum Gasteiger partial charge on any atom is -0.260 e. The molecule has 0 unspecified atom stereocenters. The molecule has 2 aromatic heterocycles. The van der Waals surface area contributed by atoms with Crippen molar-refractivity contribution in [3.05, 3.63) is 60.7 Å². The Morgan fingerprint density at radius 1 is 1.12 bits per heavy atom. The van der Waals surface area contributed by atoms with Crippen LogP contribution in [-0.4, -0.2) is 44.0 Å². The van der Waals surface area contributed by atoms with Gasteiger partial charge in [0.25, 0.3) is 0 Å². The van der Waals surface area contributed by atoms with E-state index in [4.69, 9.17) is 0 Å². The minimum absolute atomic E-state index is 0.0474. The van der Waals surface area contributed by atoms with Gasteiger partial charge in [-0.3, -0.25) is 4.98 Å². The molecule has 0 bridgehead atoms. The van der Waals surface area contributed by atoms with E-state index in [2.05, 4.69) is 20.5 Å². The van der Waals surface area contributed by atoms with E-state index >= 15 is 0 Å². The first-order valence-electron chi connectivity index (χ1n) is 7.90. The topological polar surface area (TPSA) is 93.9 Å². The summed E-state index contributed by atoms with van der Waals surface area (Å²) in [5, 5.41) is 10.9. The van der Waals surface area contributed by atoms with Gasteiger partial charge >= 0.3 is 0 Å². The maximum Gasteiger partial charge on any atom is 0.243 e. The third-order valence-corrected chi connectivity index (χ3v) is 5.97. The van der Waals surface area contributed by atoms with Gasteiger partial charge in [0.05, 0.1) is 22.8 Å². The van der Waals surface area contributed by atoms with Gasteiger partial charge in [0.2, 0.25) is 10.0 Å². The fourth-order valence-corrected chi connectivity index (χ4v) is 4.27. The molecule has 0 radical (unpaired) electrons. The number of rotatable bonds is 6. The first-order valence-corrected chi connectivity index (χ1v) is 9.34. The highest BCUT2D eigenvalue weighted by molar-refractivity contribution is 7.89. The van der Waals surface area contributed by atoms with Crippen molar-refractivity contribution in [1.29, 1.82) is 0 Å². The lowest BCUT2D eigenvalue weighted by Gasteiger charge is -2.21. The summed E-state index contributed by atoms with van der Waals surface area (Å²) in [7, 11) is -3.59. The molecule has 9 heteroatoms. The Morgan fingerprint density at radius 3 is 2.52 bits per heavy atom. The van der Waals surface area contributed by atoms with Crippen LogP contribution in [0.3, 0.4) is 0 Å². The van der Waals surface area contributed by atoms with Crippen molar-refractivity contribution >= 4 is 10.0 Å². The second kappa shape index (κ2) is 6.34. The van der Waals surface area contributed by atoms with E-state index in [1.54, 1.807) is 34.8 Å². The monoisotopic (exact) mass is 356 g/mol. The summed E-state index contributed by atoms with van der Waals surface area (Å²) >= 11 is 0. The van der Waals surface area contributed by atoms with Crippen molar-refractivity contribution in [3.63, 3.8) is 0 Å². The number of benzene rings is 1. The van der Waals surface area contributed by atoms with E-state index in [0.29, 0.717) is 5.69 Å². The highest BCUT2D eigenvalue weighted by Gasteiger charge is 2.38. The molecule has 1 fully saturated rings. The summed E-state index contributed by atoms with van der Waals surface area (Å²) < 4.78 is 29.2. The van der Waals surface area contributed by atoms with Crippen LogP contribution in [0.15, 0.2) is 59.9 Å². The lowest BCUT2D eigenvalue weighted by atomic mass is 10.3. The standard InChI is InChI=1S/C16H16N6O2S/c23-25(24,16-8-6-14(7-9-16)21-12-18-19-20-21)22(15-4-5-15)11-13-3-1-2-10-17-13/h1-3,6-10,12,15H,4-5,11H2. The summed E-state index contributed by atoms with van der Waals surface area (Å²) in [5.74, 6) is 0. The average Bonchev–Trinajstić information content (AvgIpc) is 3.33. The second-order valence-electron chi connectivity index (χ2n) is 5.85. The van der Waals surface area contributed by atoms with Crippen LogP contribution in [0.2, 0.25) is 0 Å². The lowest BCUT2D eigenvalue weighted by Crippen LogP contribution is -2.33. The second-order valence-corrected chi connectivity index (χ2v) is 7.74. The normalized spacial score (nSPS) is 14.8. The number of aromatic nitrogens is 5. The Morgan fingerprint density at radius 2 is 1.92 bits per heavy atom. The molecule has 8 nitrogen and oxygen atoms in total. The Bertz CT molecular complexity index is 938. The Balaban J connectivity index is 1.62. The predicted molar refractivity (Wildman–Crippen MR) is 89.1 cm³/mol. The first-order chi connectivity index (χ1) is 12.1. The van der Waals surface area contributed by atoms with Crippen LogP contribution in [0, 0.1) is 0 Å². The molecule has 4 rings (SSSR count). The van der Waals surface area contributed by atoms with Gasteiger partial charge < -0.3 is 0 Å². The smallest absolute Gasteiger partial charge is 0.243 e. The van der Waals surface area contributed by atoms with Gasteiger partial charge in [-0.15, -0.1) is 5.10 Å². The number of tetrazole rings is 1. The predicted octanol–water partition coefficient (Wildman–Crippen LogP) is 1.41. The molecule has 25 heavy (non-hydrogen) atoms. The molecule has 0 spiro atoms. The maximum absolute atomic E-state index is 13.1. The quantitative estimate of drug-likeness (QED) is 0.663. The highest BCUT2D eigenvalue weighted by atomic mass is 32.2. The Labute approximate surface area is 145 Å². The van der Waals surface area contributed by atoms with Crippen LogP contribution >= 0.6 is 0 Å². The SMILES string of the molecule is O=S(=O)(c1ccc(-n2cnnn2)cc1)N(Cc1ccccn1)C1CC1. The van der Waals surface area contributed by atoms with Crippen LogP contribution in [0.4, 0.5) is 0 Å². The number of hydrogen-bond acceptors (Lipinski definition) is 6. The number of nitrogens with zero attached hydrogens (tertiary/aromatic N) is 6. The zero-order chi connectivity index (χ0) is 17.3. The fraction of sp³-hybridized carbons (Fsp3) is 0.250. The molecule has 3 aromatic rings. The molecule has 1 aliphatic carbocycles. The van der Waals surface area contributed by atoms with Crippen LogP contribution in [-0.2, 0) is 16.6 Å².